The van der Waals surface area contributed by atoms with Crippen molar-refractivity contribution in [2.45, 2.75) is 12.5 Å². The van der Waals surface area contributed by atoms with E-state index >= 15 is 0 Å². The molecule has 84 valence electrons. The van der Waals surface area contributed by atoms with Gasteiger partial charge in [-0.2, -0.15) is 0 Å². The zero-order valence-corrected chi connectivity index (χ0v) is 9.38. The summed E-state index contributed by atoms with van der Waals surface area (Å²) in [6.45, 7) is 0. The van der Waals surface area contributed by atoms with Crippen LogP contribution >= 0.6 is 23.2 Å². The Bertz CT molecular complexity index is 484. The highest BCUT2D eigenvalue weighted by Crippen LogP contribution is 2.33. The maximum Gasteiger partial charge on any atom is 0.345 e. The largest absolute Gasteiger partial charge is 0.478 e. The molecule has 1 atom stereocenters. The molecule has 0 aromatic heterocycles. The zero-order chi connectivity index (χ0) is 11.9. The second-order valence-corrected chi connectivity index (χ2v) is 4.11. The second kappa shape index (κ2) is 3.96. The summed E-state index contributed by atoms with van der Waals surface area (Å²) in [6.07, 6.45) is -1.16. The van der Waals surface area contributed by atoms with E-state index in [0.29, 0.717) is 10.6 Å². The Kier molecular flexibility index (Phi) is 2.78. The Morgan fingerprint density at radius 1 is 1.44 bits per heavy atom. The summed E-state index contributed by atoms with van der Waals surface area (Å²) in [6, 6.07) is 2.95. The van der Waals surface area contributed by atoms with E-state index in [2.05, 4.69) is 0 Å². The minimum atomic E-state index is -1.20. The van der Waals surface area contributed by atoms with E-state index in [4.69, 9.17) is 33.0 Å². The number of fused-ring (bicyclic) bond motifs is 1. The van der Waals surface area contributed by atoms with Gasteiger partial charge in [-0.3, -0.25) is 0 Å². The first-order valence-electron chi connectivity index (χ1n) is 4.41. The van der Waals surface area contributed by atoms with E-state index < -0.39 is 18.0 Å². The van der Waals surface area contributed by atoms with Gasteiger partial charge in [-0.15, -0.1) is 0 Å². The molecule has 1 aromatic rings. The molecule has 1 unspecified atom stereocenters. The Morgan fingerprint density at radius 2 is 2.12 bits per heavy atom. The normalized spacial score (nSPS) is 18.9. The third kappa shape index (κ3) is 1.74. The van der Waals surface area contributed by atoms with Crippen molar-refractivity contribution >= 4 is 35.1 Å². The third-order valence-corrected chi connectivity index (χ3v) is 3.17. The summed E-state index contributed by atoms with van der Waals surface area (Å²) in [7, 11) is 0. The molecule has 0 fully saturated rings. The van der Waals surface area contributed by atoms with Crippen molar-refractivity contribution in [2.24, 2.45) is 0 Å². The summed E-state index contributed by atoms with van der Waals surface area (Å²) < 4.78 is 4.73. The number of hydrogen-bond acceptors (Lipinski definition) is 3. The van der Waals surface area contributed by atoms with Crippen molar-refractivity contribution in [3.8, 4) is 0 Å². The van der Waals surface area contributed by atoms with Crippen LogP contribution in [0.25, 0.3) is 0 Å². The average Bonchev–Trinajstić information content (AvgIpc) is 2.23. The lowest BCUT2D eigenvalue weighted by Gasteiger charge is -2.22. The summed E-state index contributed by atoms with van der Waals surface area (Å²) in [5.74, 6) is -1.89. The molecule has 0 spiro atoms. The summed E-state index contributed by atoms with van der Waals surface area (Å²) in [4.78, 5) is 22.2. The van der Waals surface area contributed by atoms with E-state index in [1.54, 1.807) is 0 Å². The van der Waals surface area contributed by atoms with Gasteiger partial charge in [0.2, 0.25) is 6.10 Å². The number of halogens is 2. The summed E-state index contributed by atoms with van der Waals surface area (Å²) in [5, 5.41) is 9.29. The van der Waals surface area contributed by atoms with Crippen LogP contribution in [0.15, 0.2) is 12.1 Å². The quantitative estimate of drug-likeness (QED) is 0.787. The molecular formula is C10H6Cl2O4. The molecule has 2 rings (SSSR count). The van der Waals surface area contributed by atoms with E-state index in [-0.39, 0.29) is 17.0 Å². The lowest BCUT2D eigenvalue weighted by atomic mass is 9.98. The Balaban J connectivity index is 2.51. The van der Waals surface area contributed by atoms with Crippen molar-refractivity contribution in [3.63, 3.8) is 0 Å². The number of esters is 1. The van der Waals surface area contributed by atoms with Crippen LogP contribution in [0.5, 0.6) is 0 Å². The van der Waals surface area contributed by atoms with Gasteiger partial charge in [0.15, 0.2) is 0 Å². The molecule has 1 aliphatic rings. The molecule has 0 saturated heterocycles. The number of aliphatic carboxylic acids is 1. The molecule has 0 radical (unpaired) electrons. The third-order valence-electron chi connectivity index (χ3n) is 2.33. The molecule has 1 aromatic carbocycles. The number of ether oxygens (including phenoxy) is 1. The van der Waals surface area contributed by atoms with Crippen molar-refractivity contribution in [1.82, 2.24) is 0 Å². The van der Waals surface area contributed by atoms with Crippen LogP contribution in [0.2, 0.25) is 10.0 Å². The van der Waals surface area contributed by atoms with Gasteiger partial charge in [-0.05, 0) is 17.7 Å². The highest BCUT2D eigenvalue weighted by molar-refractivity contribution is 6.42. The van der Waals surface area contributed by atoms with Gasteiger partial charge in [0.1, 0.15) is 0 Å². The number of carboxylic acid groups (broad SMARTS) is 1. The first kappa shape index (κ1) is 11.2. The van der Waals surface area contributed by atoms with Crippen LogP contribution in [0.3, 0.4) is 0 Å². The van der Waals surface area contributed by atoms with Crippen LogP contribution in [-0.2, 0) is 16.0 Å². The van der Waals surface area contributed by atoms with Gasteiger partial charge < -0.3 is 9.84 Å². The Labute approximate surface area is 101 Å². The van der Waals surface area contributed by atoms with Crippen molar-refractivity contribution in [2.75, 3.05) is 0 Å². The molecule has 16 heavy (non-hydrogen) atoms. The highest BCUT2D eigenvalue weighted by Gasteiger charge is 2.32. The minimum absolute atomic E-state index is 0.0375. The first-order chi connectivity index (χ1) is 7.50. The van der Waals surface area contributed by atoms with E-state index in [0.717, 1.165) is 0 Å². The monoisotopic (exact) mass is 260 g/mol. The van der Waals surface area contributed by atoms with Crippen molar-refractivity contribution in [1.29, 1.82) is 0 Å². The van der Waals surface area contributed by atoms with Crippen LogP contribution in [-0.4, -0.2) is 23.1 Å². The number of rotatable bonds is 1. The van der Waals surface area contributed by atoms with Gasteiger partial charge in [-0.25, -0.2) is 9.59 Å². The second-order valence-electron chi connectivity index (χ2n) is 3.32. The van der Waals surface area contributed by atoms with E-state index in [1.807, 2.05) is 0 Å². The Morgan fingerprint density at radius 3 is 2.75 bits per heavy atom. The molecule has 0 aliphatic carbocycles. The van der Waals surface area contributed by atoms with Crippen LogP contribution in [0.4, 0.5) is 0 Å². The SMILES string of the molecule is O=C1OC(C(=O)O)Cc2c1ccc(Cl)c2Cl. The summed E-state index contributed by atoms with van der Waals surface area (Å²) >= 11 is 11.7. The fraction of sp³-hybridized carbons (Fsp3) is 0.200. The van der Waals surface area contributed by atoms with Crippen LogP contribution < -0.4 is 0 Å². The fourth-order valence-electron chi connectivity index (χ4n) is 1.54. The first-order valence-corrected chi connectivity index (χ1v) is 5.17. The molecule has 0 amide bonds. The smallest absolute Gasteiger partial charge is 0.345 e. The maximum atomic E-state index is 11.5. The summed E-state index contributed by atoms with van der Waals surface area (Å²) in [5.41, 5.74) is 0.699. The lowest BCUT2D eigenvalue weighted by Crippen LogP contribution is -2.34. The predicted octanol–water partition coefficient (Wildman–Crippen LogP) is 2.16. The molecule has 4 nitrogen and oxygen atoms in total. The highest BCUT2D eigenvalue weighted by atomic mass is 35.5. The zero-order valence-electron chi connectivity index (χ0n) is 7.87. The van der Waals surface area contributed by atoms with Crippen LogP contribution in [0.1, 0.15) is 15.9 Å². The molecule has 6 heteroatoms. The number of hydrogen-bond donors (Lipinski definition) is 1. The van der Waals surface area contributed by atoms with Crippen LogP contribution in [0, 0.1) is 0 Å². The standard InChI is InChI=1S/C10H6Cl2O4/c11-6-2-1-4-5(8(6)12)3-7(9(13)14)16-10(4)15/h1-2,7H,3H2,(H,13,14). The molecular weight excluding hydrogens is 255 g/mol. The lowest BCUT2D eigenvalue weighted by molar-refractivity contribution is -0.147. The minimum Gasteiger partial charge on any atom is -0.478 e. The number of cyclic esters (lactones) is 1. The fourth-order valence-corrected chi connectivity index (χ4v) is 1.96. The molecule has 1 heterocycles. The maximum absolute atomic E-state index is 11.5. The van der Waals surface area contributed by atoms with Gasteiger partial charge in [0.05, 0.1) is 15.6 Å². The number of benzene rings is 1. The van der Waals surface area contributed by atoms with Gasteiger partial charge in [0, 0.05) is 6.42 Å². The van der Waals surface area contributed by atoms with Gasteiger partial charge in [-0.1, -0.05) is 23.2 Å². The molecule has 1 N–H and O–H groups in total. The number of carbonyl (C=O) groups excluding carboxylic acids is 1. The average molecular weight is 261 g/mol. The molecule has 0 bridgehead atoms. The van der Waals surface area contributed by atoms with E-state index in [9.17, 15) is 9.59 Å². The van der Waals surface area contributed by atoms with Gasteiger partial charge >= 0.3 is 11.9 Å². The van der Waals surface area contributed by atoms with Gasteiger partial charge in [0.25, 0.3) is 0 Å². The molecule has 0 saturated carbocycles. The van der Waals surface area contributed by atoms with E-state index in [1.165, 1.54) is 12.1 Å². The number of carboxylic acids is 1. The van der Waals surface area contributed by atoms with Crippen molar-refractivity contribution < 1.29 is 19.4 Å². The van der Waals surface area contributed by atoms with Crippen molar-refractivity contribution in [3.05, 3.63) is 33.3 Å². The molecule has 1 aliphatic heterocycles. The number of carbonyl (C=O) groups is 2. The topological polar surface area (TPSA) is 63.6 Å². The Hall–Kier alpha value is -1.26. The predicted molar refractivity (Wildman–Crippen MR) is 57.0 cm³/mol.